The van der Waals surface area contributed by atoms with Crippen molar-refractivity contribution < 1.29 is 0 Å². The molecule has 0 aliphatic heterocycles. The van der Waals surface area contributed by atoms with Crippen LogP contribution in [0.2, 0.25) is 0 Å². The maximum atomic E-state index is 2.50. The fourth-order valence-corrected chi connectivity index (χ4v) is 4.79. The van der Waals surface area contributed by atoms with Gasteiger partial charge in [0.25, 0.3) is 0 Å². The van der Waals surface area contributed by atoms with Crippen LogP contribution < -0.4 is 0 Å². The lowest BCUT2D eigenvalue weighted by atomic mass is 9.88. The number of hydrogen-bond acceptors (Lipinski definition) is 0. The van der Waals surface area contributed by atoms with E-state index in [2.05, 4.69) is 13.8 Å². The largest absolute Gasteiger partial charge is 0.0593 e. The Morgan fingerprint density at radius 1 is 1.00 bits per heavy atom. The standard InChI is InChI=1S/C11H16/c1-10(2)5-11(10)8-3-6(8)7-4-9(7)11/h6-9H,3-5H2,1-2H3. The average Bonchev–Trinajstić information content (AvgIpc) is 2.70. The minimum absolute atomic E-state index is 0.752. The molecule has 4 unspecified atom stereocenters. The monoisotopic (exact) mass is 148 g/mol. The molecule has 0 nitrogen and oxygen atoms in total. The molecule has 0 saturated heterocycles. The first-order valence-corrected chi connectivity index (χ1v) is 5.17. The molecule has 4 fully saturated rings. The van der Waals surface area contributed by atoms with Gasteiger partial charge >= 0.3 is 0 Å². The lowest BCUT2D eigenvalue weighted by Crippen LogP contribution is -2.12. The number of fused-ring (bicyclic) bond motifs is 5. The third kappa shape index (κ3) is 0.381. The van der Waals surface area contributed by atoms with Crippen molar-refractivity contribution in [1.29, 1.82) is 0 Å². The van der Waals surface area contributed by atoms with Crippen molar-refractivity contribution >= 4 is 0 Å². The number of hydrogen-bond donors (Lipinski definition) is 0. The van der Waals surface area contributed by atoms with Crippen LogP contribution in [0.4, 0.5) is 0 Å². The summed E-state index contributed by atoms with van der Waals surface area (Å²) in [6.45, 7) is 5.01. The molecule has 0 amide bonds. The zero-order chi connectivity index (χ0) is 7.43. The predicted octanol–water partition coefficient (Wildman–Crippen LogP) is 2.69. The first kappa shape index (κ1) is 5.61. The molecule has 60 valence electrons. The molecule has 0 bridgehead atoms. The second kappa shape index (κ2) is 1.11. The van der Waals surface area contributed by atoms with E-state index >= 15 is 0 Å². The summed E-state index contributed by atoms with van der Waals surface area (Å²) in [7, 11) is 0. The maximum Gasteiger partial charge on any atom is -0.0178 e. The van der Waals surface area contributed by atoms with Crippen LogP contribution in [0.15, 0.2) is 0 Å². The van der Waals surface area contributed by atoms with E-state index in [0.29, 0.717) is 0 Å². The van der Waals surface area contributed by atoms with E-state index < -0.39 is 0 Å². The molecule has 4 rings (SSSR count). The molecule has 11 heavy (non-hydrogen) atoms. The van der Waals surface area contributed by atoms with Crippen molar-refractivity contribution in [1.82, 2.24) is 0 Å². The molecule has 4 aliphatic carbocycles. The SMILES string of the molecule is CC1(C)CC12C1CC1C1CC12. The van der Waals surface area contributed by atoms with Gasteiger partial charge < -0.3 is 0 Å². The van der Waals surface area contributed by atoms with E-state index in [1.807, 2.05) is 0 Å². The van der Waals surface area contributed by atoms with Crippen LogP contribution in [-0.2, 0) is 0 Å². The summed E-state index contributed by atoms with van der Waals surface area (Å²) in [5, 5.41) is 0. The summed E-state index contributed by atoms with van der Waals surface area (Å²) in [5.41, 5.74) is 1.66. The molecule has 0 heterocycles. The van der Waals surface area contributed by atoms with Crippen LogP contribution in [0, 0.1) is 34.5 Å². The van der Waals surface area contributed by atoms with Gasteiger partial charge in [-0.2, -0.15) is 0 Å². The molecule has 0 aromatic rings. The van der Waals surface area contributed by atoms with Gasteiger partial charge in [0.05, 0.1) is 0 Å². The third-order valence-corrected chi connectivity index (χ3v) is 5.42. The molecule has 4 atom stereocenters. The molecular formula is C11H16. The summed E-state index contributed by atoms with van der Waals surface area (Å²) in [6.07, 6.45) is 4.80. The van der Waals surface area contributed by atoms with Crippen molar-refractivity contribution in [3.05, 3.63) is 0 Å². The van der Waals surface area contributed by atoms with E-state index in [4.69, 9.17) is 0 Å². The van der Waals surface area contributed by atoms with Crippen molar-refractivity contribution in [3.63, 3.8) is 0 Å². The highest BCUT2D eigenvalue weighted by Crippen LogP contribution is 2.90. The quantitative estimate of drug-likeness (QED) is 0.495. The van der Waals surface area contributed by atoms with Gasteiger partial charge in [-0.05, 0) is 53.8 Å². The van der Waals surface area contributed by atoms with Crippen molar-refractivity contribution in [2.24, 2.45) is 34.5 Å². The van der Waals surface area contributed by atoms with Crippen LogP contribution >= 0.6 is 0 Å². The normalized spacial score (nSPS) is 72.5. The fraction of sp³-hybridized carbons (Fsp3) is 1.00. The van der Waals surface area contributed by atoms with Crippen molar-refractivity contribution in [3.8, 4) is 0 Å². The first-order valence-electron chi connectivity index (χ1n) is 5.17. The second-order valence-corrected chi connectivity index (χ2v) is 6.11. The van der Waals surface area contributed by atoms with E-state index in [-0.39, 0.29) is 0 Å². The maximum absolute atomic E-state index is 2.50. The smallest absolute Gasteiger partial charge is 0.0178 e. The van der Waals surface area contributed by atoms with Crippen LogP contribution in [0.3, 0.4) is 0 Å². The zero-order valence-electron chi connectivity index (χ0n) is 7.43. The van der Waals surface area contributed by atoms with Gasteiger partial charge in [-0.1, -0.05) is 13.8 Å². The second-order valence-electron chi connectivity index (χ2n) is 6.11. The van der Waals surface area contributed by atoms with Gasteiger partial charge in [0.15, 0.2) is 0 Å². The summed E-state index contributed by atoms with van der Waals surface area (Å²) in [6, 6.07) is 0. The van der Waals surface area contributed by atoms with Crippen LogP contribution in [0.1, 0.15) is 33.1 Å². The van der Waals surface area contributed by atoms with Gasteiger partial charge in [0.1, 0.15) is 0 Å². The van der Waals surface area contributed by atoms with Crippen LogP contribution in [0.25, 0.3) is 0 Å². The summed E-state index contributed by atoms with van der Waals surface area (Å²) in [5.74, 6) is 4.87. The zero-order valence-corrected chi connectivity index (χ0v) is 7.43. The molecular weight excluding hydrogens is 132 g/mol. The summed E-state index contributed by atoms with van der Waals surface area (Å²) in [4.78, 5) is 0. The Morgan fingerprint density at radius 2 is 1.45 bits per heavy atom. The molecule has 0 aromatic heterocycles. The number of rotatable bonds is 0. The Morgan fingerprint density at radius 3 is 1.73 bits per heavy atom. The Balaban J connectivity index is 1.84. The van der Waals surface area contributed by atoms with Gasteiger partial charge in [0.2, 0.25) is 0 Å². The Labute approximate surface area is 68.4 Å². The van der Waals surface area contributed by atoms with Gasteiger partial charge in [-0.3, -0.25) is 0 Å². The summed E-state index contributed by atoms with van der Waals surface area (Å²) >= 11 is 0. The molecule has 0 aromatic carbocycles. The average molecular weight is 148 g/mol. The van der Waals surface area contributed by atoms with E-state index in [9.17, 15) is 0 Å². The minimum Gasteiger partial charge on any atom is -0.0593 e. The van der Waals surface area contributed by atoms with E-state index in [1.54, 1.807) is 19.3 Å². The van der Waals surface area contributed by atoms with Gasteiger partial charge in [-0.25, -0.2) is 0 Å². The third-order valence-electron chi connectivity index (χ3n) is 5.42. The van der Waals surface area contributed by atoms with Gasteiger partial charge in [-0.15, -0.1) is 0 Å². The van der Waals surface area contributed by atoms with Crippen molar-refractivity contribution in [2.75, 3.05) is 0 Å². The van der Waals surface area contributed by atoms with Gasteiger partial charge in [0, 0.05) is 0 Å². The van der Waals surface area contributed by atoms with E-state index in [0.717, 1.165) is 10.8 Å². The van der Waals surface area contributed by atoms with E-state index in [1.165, 1.54) is 23.7 Å². The molecule has 0 radical (unpaired) electrons. The molecule has 0 heteroatoms. The fourth-order valence-electron chi connectivity index (χ4n) is 4.79. The van der Waals surface area contributed by atoms with Crippen molar-refractivity contribution in [2.45, 2.75) is 33.1 Å². The predicted molar refractivity (Wildman–Crippen MR) is 44.0 cm³/mol. The summed E-state index contributed by atoms with van der Waals surface area (Å²) < 4.78 is 0. The minimum atomic E-state index is 0.752. The molecule has 4 aliphatic rings. The van der Waals surface area contributed by atoms with Crippen LogP contribution in [0.5, 0.6) is 0 Å². The Bertz CT molecular complexity index is 235. The molecule has 1 spiro atoms. The lowest BCUT2D eigenvalue weighted by molar-refractivity contribution is 0.307. The highest BCUT2D eigenvalue weighted by molar-refractivity contribution is 5.32. The highest BCUT2D eigenvalue weighted by Gasteiger charge is 2.84. The Kier molecular flexibility index (Phi) is 0.567. The molecule has 4 saturated carbocycles. The molecule has 0 N–H and O–H groups in total. The first-order chi connectivity index (χ1) is 5.17. The highest BCUT2D eigenvalue weighted by atomic mass is 14.9. The Hall–Kier alpha value is 0. The lowest BCUT2D eigenvalue weighted by Gasteiger charge is -2.16. The van der Waals surface area contributed by atoms with Crippen LogP contribution in [-0.4, -0.2) is 0 Å². The topological polar surface area (TPSA) is 0 Å².